The molecular weight excluding hydrogens is 422 g/mol. The first-order chi connectivity index (χ1) is 13.8. The molecule has 0 unspecified atom stereocenters. The number of nitrogens with zero attached hydrogens (tertiary/aromatic N) is 3. The van der Waals surface area contributed by atoms with E-state index >= 15 is 0 Å². The third kappa shape index (κ3) is 3.39. The number of nitro benzene ring substituents is 2. The normalized spacial score (nSPS) is 16.6. The number of amides is 1. The van der Waals surface area contributed by atoms with Gasteiger partial charge >= 0.3 is 0 Å². The molecular formula is C17H9N3O7S2. The highest BCUT2D eigenvalue weighted by atomic mass is 32.2. The maximum atomic E-state index is 12.9. The molecule has 1 amide bonds. The van der Waals surface area contributed by atoms with Crippen LogP contribution in [-0.2, 0) is 4.79 Å². The molecule has 12 heteroatoms. The fourth-order valence-electron chi connectivity index (χ4n) is 2.80. The molecule has 4 rings (SSSR count). The third-order valence-corrected chi connectivity index (χ3v) is 5.40. The van der Waals surface area contributed by atoms with Crippen molar-refractivity contribution < 1.29 is 24.1 Å². The number of ether oxygens (including phenoxy) is 2. The zero-order valence-corrected chi connectivity index (χ0v) is 15.9. The Morgan fingerprint density at radius 2 is 1.83 bits per heavy atom. The monoisotopic (exact) mass is 431 g/mol. The molecule has 29 heavy (non-hydrogen) atoms. The van der Waals surface area contributed by atoms with E-state index in [0.717, 1.165) is 16.7 Å². The topological polar surface area (TPSA) is 125 Å². The van der Waals surface area contributed by atoms with Gasteiger partial charge in [0.25, 0.3) is 17.3 Å². The van der Waals surface area contributed by atoms with Crippen molar-refractivity contribution in [2.24, 2.45) is 0 Å². The molecule has 2 aromatic rings. The molecule has 2 aliphatic rings. The van der Waals surface area contributed by atoms with E-state index in [9.17, 15) is 25.0 Å². The van der Waals surface area contributed by atoms with E-state index in [4.69, 9.17) is 21.7 Å². The van der Waals surface area contributed by atoms with Gasteiger partial charge < -0.3 is 9.47 Å². The lowest BCUT2D eigenvalue weighted by molar-refractivity contribution is -0.385. The van der Waals surface area contributed by atoms with E-state index in [0.29, 0.717) is 5.75 Å². The number of hydrogen-bond acceptors (Lipinski definition) is 9. The van der Waals surface area contributed by atoms with Crippen LogP contribution in [0.3, 0.4) is 0 Å². The lowest BCUT2D eigenvalue weighted by Crippen LogP contribution is -2.27. The SMILES string of the molecule is O=C1/C(=C\c2cc3c(cc2[N+](=O)[O-])OCO3)SC(=S)N1c1cccc([N+](=O)[O-])c1. The molecule has 2 heterocycles. The number of non-ortho nitro benzene ring substituents is 1. The molecule has 1 fully saturated rings. The van der Waals surface area contributed by atoms with Gasteiger partial charge in [-0.15, -0.1) is 0 Å². The minimum atomic E-state index is -0.588. The lowest BCUT2D eigenvalue weighted by Gasteiger charge is -2.13. The number of thiocarbonyl (C=S) groups is 1. The minimum Gasteiger partial charge on any atom is -0.454 e. The smallest absolute Gasteiger partial charge is 0.280 e. The fraction of sp³-hybridized carbons (Fsp3) is 0.0588. The summed E-state index contributed by atoms with van der Waals surface area (Å²) in [7, 11) is 0. The van der Waals surface area contributed by atoms with Crippen LogP contribution in [0.1, 0.15) is 5.56 Å². The van der Waals surface area contributed by atoms with Crippen LogP contribution in [0.4, 0.5) is 17.1 Å². The van der Waals surface area contributed by atoms with Crippen LogP contribution in [0.5, 0.6) is 11.5 Å². The van der Waals surface area contributed by atoms with Crippen LogP contribution >= 0.6 is 24.0 Å². The summed E-state index contributed by atoms with van der Waals surface area (Å²) >= 11 is 6.19. The standard InChI is InChI=1S/C17H9N3O7S2/c21-16-15(5-9-4-13-14(27-8-26-13)7-12(9)20(24)25)29-17(28)18(16)10-2-1-3-11(6-10)19(22)23/h1-7H,8H2/b15-5+. The molecule has 2 aromatic carbocycles. The summed E-state index contributed by atoms with van der Waals surface area (Å²) in [4.78, 5) is 35.4. The maximum Gasteiger partial charge on any atom is 0.280 e. The third-order valence-electron chi connectivity index (χ3n) is 4.10. The van der Waals surface area contributed by atoms with Crippen molar-refractivity contribution in [2.75, 3.05) is 11.7 Å². The van der Waals surface area contributed by atoms with Crippen molar-refractivity contribution in [1.29, 1.82) is 0 Å². The van der Waals surface area contributed by atoms with E-state index in [1.165, 1.54) is 42.5 Å². The summed E-state index contributed by atoms with van der Waals surface area (Å²) in [5.74, 6) is 0.0430. The number of anilines is 1. The summed E-state index contributed by atoms with van der Waals surface area (Å²) in [5, 5.41) is 22.4. The first-order valence-electron chi connectivity index (χ1n) is 7.95. The summed E-state index contributed by atoms with van der Waals surface area (Å²) in [6.45, 7) is -0.0508. The van der Waals surface area contributed by atoms with Gasteiger partial charge in [-0.25, -0.2) is 0 Å². The van der Waals surface area contributed by atoms with Crippen LogP contribution < -0.4 is 14.4 Å². The molecule has 10 nitrogen and oxygen atoms in total. The second kappa shape index (κ2) is 7.14. The van der Waals surface area contributed by atoms with Gasteiger partial charge in [-0.2, -0.15) is 0 Å². The molecule has 146 valence electrons. The van der Waals surface area contributed by atoms with E-state index in [1.807, 2.05) is 0 Å². The van der Waals surface area contributed by atoms with Crippen LogP contribution in [0.15, 0.2) is 41.3 Å². The quantitative estimate of drug-likeness (QED) is 0.309. The fourth-order valence-corrected chi connectivity index (χ4v) is 4.09. The van der Waals surface area contributed by atoms with Crippen LogP contribution in [0.25, 0.3) is 6.08 Å². The van der Waals surface area contributed by atoms with Gasteiger partial charge in [-0.3, -0.25) is 29.9 Å². The first kappa shape index (κ1) is 18.8. The predicted octanol–water partition coefficient (Wildman–Crippen LogP) is 3.64. The molecule has 0 aromatic heterocycles. The Bertz CT molecular complexity index is 1130. The Morgan fingerprint density at radius 1 is 1.10 bits per heavy atom. The van der Waals surface area contributed by atoms with E-state index in [2.05, 4.69) is 0 Å². The lowest BCUT2D eigenvalue weighted by atomic mass is 10.1. The average Bonchev–Trinajstić information content (AvgIpc) is 3.24. The van der Waals surface area contributed by atoms with Gasteiger partial charge in [-0.1, -0.05) is 30.0 Å². The summed E-state index contributed by atoms with van der Waals surface area (Å²) < 4.78 is 10.6. The van der Waals surface area contributed by atoms with Gasteiger partial charge in [0, 0.05) is 12.1 Å². The van der Waals surface area contributed by atoms with Crippen molar-refractivity contribution in [3.8, 4) is 11.5 Å². The number of benzene rings is 2. The Kier molecular flexibility index (Phi) is 4.64. The number of carbonyl (C=O) groups is 1. The largest absolute Gasteiger partial charge is 0.454 e. The maximum absolute atomic E-state index is 12.9. The second-order valence-electron chi connectivity index (χ2n) is 5.82. The molecule has 0 aliphatic carbocycles. The average molecular weight is 431 g/mol. The Labute approximate surface area is 172 Å². The second-order valence-corrected chi connectivity index (χ2v) is 7.49. The highest BCUT2D eigenvalue weighted by Gasteiger charge is 2.35. The molecule has 2 aliphatic heterocycles. The van der Waals surface area contributed by atoms with E-state index < -0.39 is 15.8 Å². The predicted molar refractivity (Wildman–Crippen MR) is 108 cm³/mol. The van der Waals surface area contributed by atoms with E-state index in [1.54, 1.807) is 0 Å². The van der Waals surface area contributed by atoms with E-state index in [-0.39, 0.29) is 44.4 Å². The number of thioether (sulfide) groups is 1. The van der Waals surface area contributed by atoms with Crippen LogP contribution in [-0.4, -0.2) is 26.9 Å². The Morgan fingerprint density at radius 3 is 2.52 bits per heavy atom. The number of fused-ring (bicyclic) bond motifs is 1. The minimum absolute atomic E-state index is 0.0508. The Hall–Kier alpha value is -3.51. The van der Waals surface area contributed by atoms with Gasteiger partial charge in [-0.05, 0) is 18.2 Å². The zero-order valence-electron chi connectivity index (χ0n) is 14.3. The van der Waals surface area contributed by atoms with Crippen molar-refractivity contribution in [1.82, 2.24) is 0 Å². The number of hydrogen-bond donors (Lipinski definition) is 0. The summed E-state index contributed by atoms with van der Waals surface area (Å²) in [6, 6.07) is 8.14. The number of rotatable bonds is 4. The van der Waals surface area contributed by atoms with Crippen molar-refractivity contribution in [3.05, 3.63) is 67.1 Å². The molecule has 0 radical (unpaired) electrons. The number of carbonyl (C=O) groups excluding carboxylic acids is 1. The number of nitro groups is 2. The molecule has 0 bridgehead atoms. The molecule has 0 spiro atoms. The van der Waals surface area contributed by atoms with Gasteiger partial charge in [0.05, 0.1) is 32.1 Å². The highest BCUT2D eigenvalue weighted by Crippen LogP contribution is 2.42. The van der Waals surface area contributed by atoms with Crippen molar-refractivity contribution in [3.63, 3.8) is 0 Å². The Balaban J connectivity index is 1.73. The highest BCUT2D eigenvalue weighted by molar-refractivity contribution is 8.27. The molecule has 0 saturated carbocycles. The van der Waals surface area contributed by atoms with Gasteiger partial charge in [0.1, 0.15) is 0 Å². The van der Waals surface area contributed by atoms with Crippen molar-refractivity contribution >= 4 is 57.3 Å². The molecule has 0 atom stereocenters. The van der Waals surface area contributed by atoms with Crippen molar-refractivity contribution in [2.45, 2.75) is 0 Å². The summed E-state index contributed by atoms with van der Waals surface area (Å²) in [5.41, 5.74) is -0.0501. The molecule has 0 N–H and O–H groups in total. The van der Waals surface area contributed by atoms with Gasteiger partial charge in [0.15, 0.2) is 15.8 Å². The first-order valence-corrected chi connectivity index (χ1v) is 9.18. The molecule has 1 saturated heterocycles. The zero-order chi connectivity index (χ0) is 20.7. The summed E-state index contributed by atoms with van der Waals surface area (Å²) in [6.07, 6.45) is 1.34. The van der Waals surface area contributed by atoms with Gasteiger partial charge in [0.2, 0.25) is 6.79 Å². The van der Waals surface area contributed by atoms with Crippen LogP contribution in [0, 0.1) is 20.2 Å². The van der Waals surface area contributed by atoms with Crippen LogP contribution in [0.2, 0.25) is 0 Å².